The van der Waals surface area contributed by atoms with Gasteiger partial charge in [-0.3, -0.25) is 9.78 Å². The molecule has 4 aromatic rings. The summed E-state index contributed by atoms with van der Waals surface area (Å²) in [7, 11) is 0. The van der Waals surface area contributed by atoms with Crippen molar-refractivity contribution in [3.63, 3.8) is 0 Å². The molecule has 0 aliphatic rings. The van der Waals surface area contributed by atoms with Crippen LogP contribution in [0.5, 0.6) is 0 Å². The van der Waals surface area contributed by atoms with Crippen LogP contribution in [0.3, 0.4) is 0 Å². The van der Waals surface area contributed by atoms with Gasteiger partial charge in [-0.25, -0.2) is 4.98 Å². The number of carbonyl (C=O) groups excluding carboxylic acids is 1. The number of nitrogens with two attached hydrogens (primary N) is 1. The van der Waals surface area contributed by atoms with E-state index in [1.807, 2.05) is 43.5 Å². The Kier molecular flexibility index (Phi) is 9.08. The Hall–Kier alpha value is -4.05. The first-order valence-electron chi connectivity index (χ1n) is 13.4. The second-order valence-corrected chi connectivity index (χ2v) is 10.2. The lowest BCUT2D eigenvalue weighted by Crippen LogP contribution is -2.39. The molecule has 0 radical (unpaired) electrons. The second kappa shape index (κ2) is 12.7. The van der Waals surface area contributed by atoms with Crippen LogP contribution in [-0.2, 0) is 16.1 Å². The van der Waals surface area contributed by atoms with Crippen molar-refractivity contribution in [2.24, 2.45) is 11.7 Å². The molecule has 0 spiro atoms. The summed E-state index contributed by atoms with van der Waals surface area (Å²) >= 11 is 0. The summed E-state index contributed by atoms with van der Waals surface area (Å²) in [5.41, 5.74) is 10.5. The predicted molar refractivity (Wildman–Crippen MR) is 154 cm³/mol. The summed E-state index contributed by atoms with van der Waals surface area (Å²) in [6.45, 7) is 10.7. The van der Waals surface area contributed by atoms with E-state index in [9.17, 15) is 4.79 Å². The van der Waals surface area contributed by atoms with Crippen LogP contribution in [0, 0.1) is 5.92 Å². The van der Waals surface area contributed by atoms with Gasteiger partial charge in [0.25, 0.3) is 0 Å². The van der Waals surface area contributed by atoms with E-state index in [0.717, 1.165) is 22.5 Å². The fourth-order valence-corrected chi connectivity index (χ4v) is 3.99. The number of pyridine rings is 1. The van der Waals surface area contributed by atoms with E-state index in [1.54, 1.807) is 12.5 Å². The van der Waals surface area contributed by atoms with Crippen molar-refractivity contribution in [3.8, 4) is 11.3 Å². The molecule has 0 aliphatic heterocycles. The Labute approximate surface area is 229 Å². The molecule has 1 aromatic carbocycles. The Morgan fingerprint density at radius 2 is 1.82 bits per heavy atom. The van der Waals surface area contributed by atoms with Gasteiger partial charge in [-0.2, -0.15) is 9.97 Å². The molecular formula is C29H38N8O2. The maximum Gasteiger partial charge on any atom is 0.323 e. The monoisotopic (exact) mass is 530 g/mol. The van der Waals surface area contributed by atoms with Crippen LogP contribution >= 0.6 is 0 Å². The summed E-state index contributed by atoms with van der Waals surface area (Å²) in [4.78, 5) is 30.8. The summed E-state index contributed by atoms with van der Waals surface area (Å²) in [6, 6.07) is 13.5. The highest BCUT2D eigenvalue weighted by Crippen LogP contribution is 2.25. The van der Waals surface area contributed by atoms with Gasteiger partial charge in [-0.05, 0) is 43.9 Å². The molecule has 0 saturated carbocycles. The SMILES string of the molecule is CCC(COC(=O)C(N)C(C)C)Nc1nc(NCc2ccc(-c3ccccn3)cc2)c2ncn(C(C)C)c2n1. The van der Waals surface area contributed by atoms with Gasteiger partial charge in [0, 0.05) is 24.3 Å². The Balaban J connectivity index is 1.52. The number of aromatic nitrogens is 5. The van der Waals surface area contributed by atoms with Crippen LogP contribution in [0.25, 0.3) is 22.4 Å². The standard InChI is InChI=1S/C29H38N8O2/c1-6-22(16-39-28(38)24(30)18(2)3)34-29-35-26(25-27(36-29)37(17-33-25)19(4)5)32-15-20-10-12-21(13-11-20)23-9-7-8-14-31-23/h7-14,17-19,22,24H,6,15-16,30H2,1-5H3,(H2,32,34,35,36). The van der Waals surface area contributed by atoms with Crippen molar-refractivity contribution in [3.05, 3.63) is 60.6 Å². The number of fused-ring (bicyclic) bond motifs is 1. The van der Waals surface area contributed by atoms with Gasteiger partial charge in [-0.1, -0.05) is 51.1 Å². The van der Waals surface area contributed by atoms with E-state index in [1.165, 1.54) is 0 Å². The fraction of sp³-hybridized carbons (Fsp3) is 0.414. The third-order valence-corrected chi connectivity index (χ3v) is 6.60. The minimum atomic E-state index is -0.649. The molecule has 2 unspecified atom stereocenters. The van der Waals surface area contributed by atoms with E-state index in [2.05, 4.69) is 58.7 Å². The smallest absolute Gasteiger partial charge is 0.323 e. The molecule has 10 nitrogen and oxygen atoms in total. The first kappa shape index (κ1) is 28.0. The Morgan fingerprint density at radius 3 is 2.46 bits per heavy atom. The van der Waals surface area contributed by atoms with Crippen molar-refractivity contribution in [1.82, 2.24) is 24.5 Å². The first-order valence-corrected chi connectivity index (χ1v) is 13.4. The molecule has 10 heteroatoms. The van der Waals surface area contributed by atoms with Crippen LogP contribution in [0.15, 0.2) is 55.0 Å². The number of carbonyl (C=O) groups is 1. The third-order valence-electron chi connectivity index (χ3n) is 6.60. The van der Waals surface area contributed by atoms with Crippen LogP contribution < -0.4 is 16.4 Å². The number of esters is 1. The van der Waals surface area contributed by atoms with E-state index in [4.69, 9.17) is 20.4 Å². The number of nitrogens with zero attached hydrogens (tertiary/aromatic N) is 5. The second-order valence-electron chi connectivity index (χ2n) is 10.2. The van der Waals surface area contributed by atoms with Gasteiger partial charge < -0.3 is 25.7 Å². The molecule has 0 fully saturated rings. The largest absolute Gasteiger partial charge is 0.462 e. The maximum atomic E-state index is 12.3. The number of anilines is 2. The highest BCUT2D eigenvalue weighted by atomic mass is 16.5. The van der Waals surface area contributed by atoms with Crippen molar-refractivity contribution in [2.45, 2.75) is 65.7 Å². The lowest BCUT2D eigenvalue weighted by atomic mass is 10.1. The van der Waals surface area contributed by atoms with Gasteiger partial charge >= 0.3 is 5.97 Å². The van der Waals surface area contributed by atoms with Crippen LogP contribution in [0.4, 0.5) is 11.8 Å². The van der Waals surface area contributed by atoms with Crippen molar-refractivity contribution in [1.29, 1.82) is 0 Å². The molecule has 0 amide bonds. The highest BCUT2D eigenvalue weighted by molar-refractivity contribution is 5.84. The van der Waals surface area contributed by atoms with Gasteiger partial charge in [0.15, 0.2) is 17.0 Å². The normalized spacial score (nSPS) is 13.0. The van der Waals surface area contributed by atoms with Crippen molar-refractivity contribution >= 4 is 28.9 Å². The van der Waals surface area contributed by atoms with E-state index in [0.29, 0.717) is 30.2 Å². The molecular weight excluding hydrogens is 492 g/mol. The minimum absolute atomic E-state index is 0.00689. The summed E-state index contributed by atoms with van der Waals surface area (Å²) in [5.74, 6) is 0.668. The first-order chi connectivity index (χ1) is 18.8. The number of hydrogen-bond acceptors (Lipinski definition) is 9. The molecule has 3 heterocycles. The lowest BCUT2D eigenvalue weighted by Gasteiger charge is -2.20. The summed E-state index contributed by atoms with van der Waals surface area (Å²) in [6.07, 6.45) is 4.29. The van der Waals surface area contributed by atoms with Crippen molar-refractivity contribution in [2.75, 3.05) is 17.2 Å². The van der Waals surface area contributed by atoms with Gasteiger partial charge in [0.1, 0.15) is 12.6 Å². The van der Waals surface area contributed by atoms with E-state index >= 15 is 0 Å². The van der Waals surface area contributed by atoms with Gasteiger partial charge in [0.2, 0.25) is 5.95 Å². The zero-order valence-corrected chi connectivity index (χ0v) is 23.3. The van der Waals surface area contributed by atoms with Gasteiger partial charge in [-0.15, -0.1) is 0 Å². The molecule has 0 bridgehead atoms. The Bertz CT molecular complexity index is 1370. The number of benzene rings is 1. The highest BCUT2D eigenvalue weighted by Gasteiger charge is 2.21. The minimum Gasteiger partial charge on any atom is -0.462 e. The number of hydrogen-bond donors (Lipinski definition) is 3. The van der Waals surface area contributed by atoms with E-state index in [-0.39, 0.29) is 24.6 Å². The molecule has 2 atom stereocenters. The van der Waals surface area contributed by atoms with Crippen molar-refractivity contribution < 1.29 is 9.53 Å². The summed E-state index contributed by atoms with van der Waals surface area (Å²) < 4.78 is 7.49. The number of rotatable bonds is 12. The number of nitrogens with one attached hydrogen (secondary N) is 2. The average Bonchev–Trinajstić information content (AvgIpc) is 3.38. The predicted octanol–water partition coefficient (Wildman–Crippen LogP) is 4.80. The van der Waals surface area contributed by atoms with E-state index < -0.39 is 12.0 Å². The average molecular weight is 531 g/mol. The van der Waals surface area contributed by atoms with Gasteiger partial charge in [0.05, 0.1) is 18.1 Å². The number of ether oxygens (including phenoxy) is 1. The zero-order chi connectivity index (χ0) is 27.9. The van der Waals surface area contributed by atoms with Crippen LogP contribution in [-0.4, -0.2) is 49.2 Å². The third kappa shape index (κ3) is 6.88. The quantitative estimate of drug-likeness (QED) is 0.221. The Morgan fingerprint density at radius 1 is 1.05 bits per heavy atom. The molecule has 0 aliphatic carbocycles. The summed E-state index contributed by atoms with van der Waals surface area (Å²) in [5, 5.41) is 6.78. The molecule has 206 valence electrons. The molecule has 0 saturated heterocycles. The zero-order valence-electron chi connectivity index (χ0n) is 23.3. The number of imidazole rings is 1. The van der Waals surface area contributed by atoms with Crippen LogP contribution in [0.1, 0.15) is 52.6 Å². The topological polar surface area (TPSA) is 133 Å². The fourth-order valence-electron chi connectivity index (χ4n) is 3.99. The maximum absolute atomic E-state index is 12.3. The molecule has 4 N–H and O–H groups in total. The molecule has 3 aromatic heterocycles. The molecule has 4 rings (SSSR count). The lowest BCUT2D eigenvalue weighted by molar-refractivity contribution is -0.146. The molecule has 39 heavy (non-hydrogen) atoms. The van der Waals surface area contributed by atoms with Crippen LogP contribution in [0.2, 0.25) is 0 Å².